The molecule has 1 N–H and O–H groups in total. The van der Waals surface area contributed by atoms with Crippen LogP contribution >= 0.6 is 0 Å². The van der Waals surface area contributed by atoms with Crippen LogP contribution in [0.3, 0.4) is 0 Å². The van der Waals surface area contributed by atoms with E-state index in [0.717, 1.165) is 12.5 Å². The van der Waals surface area contributed by atoms with Gasteiger partial charge in [0.15, 0.2) is 0 Å². The van der Waals surface area contributed by atoms with Crippen molar-refractivity contribution < 1.29 is 4.74 Å². The van der Waals surface area contributed by atoms with Crippen LogP contribution in [0.25, 0.3) is 0 Å². The fraction of sp³-hybridized carbons (Fsp3) is 1.00. The minimum atomic E-state index is 0.607. The fourth-order valence-electron chi connectivity index (χ4n) is 3.84. The van der Waals surface area contributed by atoms with Gasteiger partial charge in [-0.1, -0.05) is 26.2 Å². The van der Waals surface area contributed by atoms with E-state index in [1.54, 1.807) is 0 Å². The van der Waals surface area contributed by atoms with Crippen LogP contribution < -0.4 is 5.32 Å². The summed E-state index contributed by atoms with van der Waals surface area (Å²) in [5.41, 5.74) is 0. The number of nitrogens with one attached hydrogen (secondary N) is 1. The summed E-state index contributed by atoms with van der Waals surface area (Å²) in [6, 6.07) is 1.32. The zero-order chi connectivity index (χ0) is 13.5. The molecule has 3 heteroatoms. The monoisotopic (exact) mass is 268 g/mol. The highest BCUT2D eigenvalue weighted by molar-refractivity contribution is 4.86. The van der Waals surface area contributed by atoms with Crippen LogP contribution in [-0.2, 0) is 4.74 Å². The molecular weight excluding hydrogens is 236 g/mol. The molecular formula is C16H32N2O. The summed E-state index contributed by atoms with van der Waals surface area (Å²) in [6.07, 6.45) is 9.69. The van der Waals surface area contributed by atoms with E-state index in [4.69, 9.17) is 4.74 Å². The van der Waals surface area contributed by atoms with E-state index in [2.05, 4.69) is 17.1 Å². The quantitative estimate of drug-likeness (QED) is 0.829. The van der Waals surface area contributed by atoms with Gasteiger partial charge >= 0.3 is 0 Å². The lowest BCUT2D eigenvalue weighted by Gasteiger charge is -2.36. The van der Waals surface area contributed by atoms with Crippen molar-refractivity contribution >= 4 is 0 Å². The van der Waals surface area contributed by atoms with E-state index in [9.17, 15) is 0 Å². The van der Waals surface area contributed by atoms with Crippen LogP contribution in [-0.4, -0.2) is 50.3 Å². The van der Waals surface area contributed by atoms with E-state index in [1.807, 2.05) is 7.11 Å². The number of hydrogen-bond acceptors (Lipinski definition) is 3. The second-order valence-corrected chi connectivity index (χ2v) is 6.32. The van der Waals surface area contributed by atoms with Crippen molar-refractivity contribution in [3.63, 3.8) is 0 Å². The van der Waals surface area contributed by atoms with Gasteiger partial charge in [-0.05, 0) is 44.7 Å². The van der Waals surface area contributed by atoms with Gasteiger partial charge in [0.1, 0.15) is 0 Å². The number of rotatable bonds is 5. The molecule has 1 saturated heterocycles. The lowest BCUT2D eigenvalue weighted by molar-refractivity contribution is 0.0792. The van der Waals surface area contributed by atoms with Crippen molar-refractivity contribution in [2.24, 2.45) is 5.92 Å². The van der Waals surface area contributed by atoms with Crippen LogP contribution in [0.4, 0.5) is 0 Å². The first-order valence-electron chi connectivity index (χ1n) is 8.31. The van der Waals surface area contributed by atoms with Crippen molar-refractivity contribution in [1.29, 1.82) is 0 Å². The summed E-state index contributed by atoms with van der Waals surface area (Å²) < 4.78 is 5.41. The van der Waals surface area contributed by atoms with Gasteiger partial charge in [0.25, 0.3) is 0 Å². The molecule has 0 aromatic carbocycles. The van der Waals surface area contributed by atoms with E-state index in [-0.39, 0.29) is 0 Å². The Labute approximate surface area is 119 Å². The van der Waals surface area contributed by atoms with Gasteiger partial charge in [-0.2, -0.15) is 0 Å². The van der Waals surface area contributed by atoms with Gasteiger partial charge in [-0.15, -0.1) is 0 Å². The summed E-state index contributed by atoms with van der Waals surface area (Å²) in [6.45, 7) is 6.83. The van der Waals surface area contributed by atoms with Crippen molar-refractivity contribution in [2.45, 2.75) is 64.0 Å². The smallest absolute Gasteiger partial charge is 0.0617 e. The first-order valence-corrected chi connectivity index (χ1v) is 8.31. The molecule has 0 aromatic rings. The molecule has 2 fully saturated rings. The third kappa shape index (κ3) is 4.44. The molecule has 0 amide bonds. The Morgan fingerprint density at radius 2 is 2.00 bits per heavy atom. The Hall–Kier alpha value is -0.120. The Morgan fingerprint density at radius 1 is 1.21 bits per heavy atom. The molecule has 0 aromatic heterocycles. The molecule has 0 spiro atoms. The lowest BCUT2D eigenvalue weighted by atomic mass is 9.83. The summed E-state index contributed by atoms with van der Waals surface area (Å²) in [4.78, 5) is 2.68. The summed E-state index contributed by atoms with van der Waals surface area (Å²) in [7, 11) is 1.83. The molecule has 2 atom stereocenters. The van der Waals surface area contributed by atoms with Gasteiger partial charge in [0.2, 0.25) is 0 Å². The van der Waals surface area contributed by atoms with Gasteiger partial charge in [-0.3, -0.25) is 4.90 Å². The maximum atomic E-state index is 5.41. The Bertz CT molecular complexity index is 228. The first kappa shape index (κ1) is 15.3. The molecule has 1 aliphatic heterocycles. The first-order chi connectivity index (χ1) is 9.35. The molecule has 112 valence electrons. The summed E-state index contributed by atoms with van der Waals surface area (Å²) in [5.74, 6) is 0.911. The number of ether oxygens (including phenoxy) is 1. The van der Waals surface area contributed by atoms with Crippen molar-refractivity contribution in [2.75, 3.05) is 33.4 Å². The van der Waals surface area contributed by atoms with Crippen molar-refractivity contribution in [3.8, 4) is 0 Å². The average molecular weight is 268 g/mol. The highest BCUT2D eigenvalue weighted by Crippen LogP contribution is 2.28. The van der Waals surface area contributed by atoms with E-state index < -0.39 is 0 Å². The average Bonchev–Trinajstić information content (AvgIpc) is 2.71. The van der Waals surface area contributed by atoms with Crippen molar-refractivity contribution in [1.82, 2.24) is 10.2 Å². The third-order valence-electron chi connectivity index (χ3n) is 5.03. The van der Waals surface area contributed by atoms with Crippen molar-refractivity contribution in [3.05, 3.63) is 0 Å². The molecule has 2 rings (SSSR count). The zero-order valence-corrected chi connectivity index (χ0v) is 12.9. The molecule has 1 aliphatic carbocycles. The second-order valence-electron chi connectivity index (χ2n) is 6.32. The minimum Gasteiger partial charge on any atom is -0.383 e. The van der Waals surface area contributed by atoms with Crippen LogP contribution in [0, 0.1) is 5.92 Å². The van der Waals surface area contributed by atoms with Crippen LogP contribution in [0.1, 0.15) is 51.9 Å². The summed E-state index contributed by atoms with van der Waals surface area (Å²) >= 11 is 0. The van der Waals surface area contributed by atoms with Gasteiger partial charge in [0, 0.05) is 25.7 Å². The molecule has 1 saturated carbocycles. The lowest BCUT2D eigenvalue weighted by Crippen LogP contribution is -2.47. The van der Waals surface area contributed by atoms with E-state index in [0.29, 0.717) is 12.1 Å². The normalized spacial score (nSPS) is 29.1. The molecule has 19 heavy (non-hydrogen) atoms. The number of methoxy groups -OCH3 is 1. The standard InChI is InChI=1S/C16H32N2O/c1-3-15(13-19-2)18-11-7-10-17-16(12-18)14-8-5-4-6-9-14/h14-17H,3-13H2,1-2H3. The van der Waals surface area contributed by atoms with Gasteiger partial charge < -0.3 is 10.1 Å². The van der Waals surface area contributed by atoms with Crippen LogP contribution in [0.5, 0.6) is 0 Å². The molecule has 0 radical (unpaired) electrons. The van der Waals surface area contributed by atoms with Gasteiger partial charge in [0.05, 0.1) is 6.61 Å². The Balaban J connectivity index is 1.92. The predicted octanol–water partition coefficient (Wildman–Crippen LogP) is 2.66. The van der Waals surface area contributed by atoms with E-state index >= 15 is 0 Å². The maximum absolute atomic E-state index is 5.41. The molecule has 3 nitrogen and oxygen atoms in total. The predicted molar refractivity (Wildman–Crippen MR) is 80.5 cm³/mol. The Kier molecular flexibility index (Phi) is 6.62. The number of hydrogen-bond donors (Lipinski definition) is 1. The largest absolute Gasteiger partial charge is 0.383 e. The maximum Gasteiger partial charge on any atom is 0.0617 e. The number of nitrogens with zero attached hydrogens (tertiary/aromatic N) is 1. The van der Waals surface area contributed by atoms with Gasteiger partial charge in [-0.25, -0.2) is 0 Å². The zero-order valence-electron chi connectivity index (χ0n) is 12.9. The molecule has 2 aliphatic rings. The molecule has 0 bridgehead atoms. The highest BCUT2D eigenvalue weighted by Gasteiger charge is 2.29. The fourth-order valence-corrected chi connectivity index (χ4v) is 3.84. The van der Waals surface area contributed by atoms with Crippen LogP contribution in [0.2, 0.25) is 0 Å². The molecule has 1 heterocycles. The minimum absolute atomic E-state index is 0.607. The topological polar surface area (TPSA) is 24.5 Å². The second kappa shape index (κ2) is 8.23. The summed E-state index contributed by atoms with van der Waals surface area (Å²) in [5, 5.41) is 3.82. The highest BCUT2D eigenvalue weighted by atomic mass is 16.5. The third-order valence-corrected chi connectivity index (χ3v) is 5.03. The van der Waals surface area contributed by atoms with Crippen LogP contribution in [0.15, 0.2) is 0 Å². The van der Waals surface area contributed by atoms with E-state index in [1.165, 1.54) is 64.6 Å². The SMILES string of the molecule is CCC(COC)N1CCCNC(C2CCCCC2)C1. The Morgan fingerprint density at radius 3 is 2.68 bits per heavy atom. The molecule has 2 unspecified atom stereocenters.